The molecule has 1 aliphatic rings. The Bertz CT molecular complexity index is 390. The van der Waals surface area contributed by atoms with E-state index >= 15 is 0 Å². The highest BCUT2D eigenvalue weighted by atomic mass is 16.1. The molecular formula is C17H25NO. The maximum atomic E-state index is 12.1. The fourth-order valence-corrected chi connectivity index (χ4v) is 2.72. The number of rotatable bonds is 6. The topological polar surface area (TPSA) is 20.3 Å². The number of ketones is 1. The summed E-state index contributed by atoms with van der Waals surface area (Å²) in [6, 6.07) is 8.08. The van der Waals surface area contributed by atoms with E-state index in [9.17, 15) is 4.79 Å². The van der Waals surface area contributed by atoms with Gasteiger partial charge in [-0.05, 0) is 50.9 Å². The molecule has 0 unspecified atom stereocenters. The molecule has 19 heavy (non-hydrogen) atoms. The molecule has 2 heteroatoms. The fourth-order valence-electron chi connectivity index (χ4n) is 2.72. The van der Waals surface area contributed by atoms with Crippen molar-refractivity contribution in [2.45, 2.75) is 45.4 Å². The minimum Gasteiger partial charge on any atom is -0.303 e. The normalized spacial score (nSPS) is 16.5. The Balaban J connectivity index is 1.73. The maximum absolute atomic E-state index is 12.1. The van der Waals surface area contributed by atoms with Crippen molar-refractivity contribution < 1.29 is 4.79 Å². The lowest BCUT2D eigenvalue weighted by molar-refractivity contribution is 0.0973. The Morgan fingerprint density at radius 2 is 1.79 bits per heavy atom. The molecule has 0 atom stereocenters. The fraction of sp³-hybridized carbons (Fsp3) is 0.588. The number of nitrogens with zero attached hydrogens (tertiary/aromatic N) is 1. The van der Waals surface area contributed by atoms with Crippen LogP contribution in [0.15, 0.2) is 24.3 Å². The van der Waals surface area contributed by atoms with Crippen molar-refractivity contribution >= 4 is 5.78 Å². The number of likely N-dealkylation sites (tertiary alicyclic amines) is 1. The van der Waals surface area contributed by atoms with Gasteiger partial charge in [-0.2, -0.15) is 0 Å². The number of hydrogen-bond acceptors (Lipinski definition) is 2. The number of piperidine rings is 1. The monoisotopic (exact) mass is 259 g/mol. The van der Waals surface area contributed by atoms with Crippen LogP contribution in [-0.2, 0) is 6.42 Å². The van der Waals surface area contributed by atoms with Gasteiger partial charge in [-0.3, -0.25) is 4.79 Å². The van der Waals surface area contributed by atoms with E-state index < -0.39 is 0 Å². The van der Waals surface area contributed by atoms with Crippen molar-refractivity contribution in [3.05, 3.63) is 35.4 Å². The number of carbonyl (C=O) groups excluding carboxylic acids is 1. The van der Waals surface area contributed by atoms with Crippen LogP contribution in [0.3, 0.4) is 0 Å². The first-order valence-electron chi connectivity index (χ1n) is 7.64. The molecule has 0 spiro atoms. The second-order valence-electron chi connectivity index (χ2n) is 5.48. The van der Waals surface area contributed by atoms with Crippen molar-refractivity contribution in [2.24, 2.45) is 0 Å². The molecular weight excluding hydrogens is 234 g/mol. The molecule has 0 radical (unpaired) electrons. The summed E-state index contributed by atoms with van der Waals surface area (Å²) in [5.74, 6) is 0.291. The lowest BCUT2D eigenvalue weighted by atomic mass is 10.0. The number of aryl methyl sites for hydroxylation is 1. The zero-order chi connectivity index (χ0) is 13.5. The van der Waals surface area contributed by atoms with Crippen molar-refractivity contribution in [1.29, 1.82) is 0 Å². The molecule has 0 aromatic heterocycles. The van der Waals surface area contributed by atoms with E-state index in [-0.39, 0.29) is 0 Å². The first-order valence-corrected chi connectivity index (χ1v) is 7.64. The molecule has 1 aromatic rings. The van der Waals surface area contributed by atoms with E-state index in [1.54, 1.807) is 0 Å². The number of benzene rings is 1. The van der Waals surface area contributed by atoms with Crippen LogP contribution in [0.1, 0.15) is 54.9 Å². The molecule has 0 saturated carbocycles. The predicted molar refractivity (Wildman–Crippen MR) is 79.7 cm³/mol. The van der Waals surface area contributed by atoms with Crippen molar-refractivity contribution in [3.63, 3.8) is 0 Å². The van der Waals surface area contributed by atoms with Gasteiger partial charge in [-0.1, -0.05) is 37.6 Å². The SMILES string of the molecule is CCc1ccc(C(=O)CCCN2CCCCC2)cc1. The van der Waals surface area contributed by atoms with Gasteiger partial charge in [0.05, 0.1) is 0 Å². The lowest BCUT2D eigenvalue weighted by Crippen LogP contribution is -2.30. The maximum Gasteiger partial charge on any atom is 0.162 e. The number of Topliss-reactive ketones (excluding diaryl/α,β-unsaturated/α-hetero) is 1. The third-order valence-electron chi connectivity index (χ3n) is 4.01. The van der Waals surface area contributed by atoms with Gasteiger partial charge in [0.1, 0.15) is 0 Å². The second-order valence-corrected chi connectivity index (χ2v) is 5.48. The first kappa shape index (κ1) is 14.3. The molecule has 1 aliphatic heterocycles. The summed E-state index contributed by atoms with van der Waals surface area (Å²) >= 11 is 0. The Hall–Kier alpha value is -1.15. The summed E-state index contributed by atoms with van der Waals surface area (Å²) in [6.07, 6.45) is 6.73. The molecule has 0 amide bonds. The minimum absolute atomic E-state index is 0.291. The third kappa shape index (κ3) is 4.46. The van der Waals surface area contributed by atoms with E-state index in [0.717, 1.165) is 24.9 Å². The first-order chi connectivity index (χ1) is 9.29. The second kappa shape index (κ2) is 7.44. The number of hydrogen-bond donors (Lipinski definition) is 0. The molecule has 1 aromatic carbocycles. The summed E-state index contributed by atoms with van der Waals surface area (Å²) in [7, 11) is 0. The van der Waals surface area contributed by atoms with E-state index in [0.29, 0.717) is 12.2 Å². The van der Waals surface area contributed by atoms with Crippen molar-refractivity contribution in [2.75, 3.05) is 19.6 Å². The standard InChI is InChI=1S/C17H25NO/c1-2-15-8-10-16(11-9-15)17(19)7-6-14-18-12-4-3-5-13-18/h8-11H,2-7,12-14H2,1H3. The third-order valence-corrected chi connectivity index (χ3v) is 4.01. The largest absolute Gasteiger partial charge is 0.303 e. The van der Waals surface area contributed by atoms with Gasteiger partial charge in [0, 0.05) is 12.0 Å². The average molecular weight is 259 g/mol. The van der Waals surface area contributed by atoms with E-state index in [1.165, 1.54) is 37.9 Å². The summed E-state index contributed by atoms with van der Waals surface area (Å²) in [5.41, 5.74) is 2.17. The minimum atomic E-state index is 0.291. The van der Waals surface area contributed by atoms with E-state index in [1.807, 2.05) is 12.1 Å². The zero-order valence-corrected chi connectivity index (χ0v) is 12.0. The van der Waals surface area contributed by atoms with Gasteiger partial charge in [0.15, 0.2) is 5.78 Å². The van der Waals surface area contributed by atoms with Crippen molar-refractivity contribution in [3.8, 4) is 0 Å². The average Bonchev–Trinajstić information content (AvgIpc) is 2.48. The Morgan fingerprint density at radius 3 is 2.42 bits per heavy atom. The molecule has 0 N–H and O–H groups in total. The molecule has 1 fully saturated rings. The van der Waals surface area contributed by atoms with Crippen LogP contribution in [0, 0.1) is 0 Å². The van der Waals surface area contributed by atoms with Gasteiger partial charge in [-0.15, -0.1) is 0 Å². The highest BCUT2D eigenvalue weighted by molar-refractivity contribution is 5.96. The smallest absolute Gasteiger partial charge is 0.162 e. The van der Waals surface area contributed by atoms with E-state index in [4.69, 9.17) is 0 Å². The molecule has 2 nitrogen and oxygen atoms in total. The molecule has 1 saturated heterocycles. The Morgan fingerprint density at radius 1 is 1.11 bits per heavy atom. The molecule has 2 rings (SSSR count). The Labute approximate surface area is 116 Å². The summed E-state index contributed by atoms with van der Waals surface area (Å²) in [5, 5.41) is 0. The predicted octanol–water partition coefficient (Wildman–Crippen LogP) is 3.70. The zero-order valence-electron chi connectivity index (χ0n) is 12.0. The van der Waals surface area contributed by atoms with Crippen LogP contribution in [-0.4, -0.2) is 30.3 Å². The van der Waals surface area contributed by atoms with Crippen molar-refractivity contribution in [1.82, 2.24) is 4.90 Å². The van der Waals surface area contributed by atoms with Gasteiger partial charge < -0.3 is 4.90 Å². The summed E-state index contributed by atoms with van der Waals surface area (Å²) in [6.45, 7) is 5.66. The lowest BCUT2D eigenvalue weighted by Gasteiger charge is -2.26. The van der Waals surface area contributed by atoms with Gasteiger partial charge in [0.2, 0.25) is 0 Å². The van der Waals surface area contributed by atoms with Crippen LogP contribution in [0.25, 0.3) is 0 Å². The van der Waals surface area contributed by atoms with Crippen LogP contribution in [0.4, 0.5) is 0 Å². The van der Waals surface area contributed by atoms with Crippen LogP contribution in [0.2, 0.25) is 0 Å². The molecule has 1 heterocycles. The highest BCUT2D eigenvalue weighted by Crippen LogP contribution is 2.12. The highest BCUT2D eigenvalue weighted by Gasteiger charge is 2.11. The van der Waals surface area contributed by atoms with Gasteiger partial charge in [0.25, 0.3) is 0 Å². The van der Waals surface area contributed by atoms with Gasteiger partial charge in [-0.25, -0.2) is 0 Å². The molecule has 0 aliphatic carbocycles. The summed E-state index contributed by atoms with van der Waals surface area (Å²) < 4.78 is 0. The van der Waals surface area contributed by atoms with Crippen LogP contribution >= 0.6 is 0 Å². The Kier molecular flexibility index (Phi) is 5.59. The molecule has 0 bridgehead atoms. The van der Waals surface area contributed by atoms with E-state index in [2.05, 4.69) is 24.0 Å². The molecule has 104 valence electrons. The van der Waals surface area contributed by atoms with Crippen LogP contribution in [0.5, 0.6) is 0 Å². The van der Waals surface area contributed by atoms with Crippen LogP contribution < -0.4 is 0 Å². The number of carbonyl (C=O) groups is 1. The quantitative estimate of drug-likeness (QED) is 0.726. The van der Waals surface area contributed by atoms with Gasteiger partial charge >= 0.3 is 0 Å². The summed E-state index contributed by atoms with van der Waals surface area (Å²) in [4.78, 5) is 14.6.